The number of hydrogen-bond acceptors (Lipinski definition) is 4. The number of alkyl halides is 3. The van der Waals surface area contributed by atoms with Crippen LogP contribution in [0.4, 0.5) is 13.2 Å². The lowest BCUT2D eigenvalue weighted by atomic mass is 10.4. The van der Waals surface area contributed by atoms with E-state index in [9.17, 15) is 13.2 Å². The maximum Gasteiger partial charge on any atom is 0.433 e. The molecule has 19 heavy (non-hydrogen) atoms. The van der Waals surface area contributed by atoms with Crippen LogP contribution < -0.4 is 0 Å². The molecule has 0 N–H and O–H groups in total. The molecule has 7 heteroatoms. The summed E-state index contributed by atoms with van der Waals surface area (Å²) in [6, 6.07) is 10.1. The van der Waals surface area contributed by atoms with Gasteiger partial charge in [-0.15, -0.1) is 0 Å². The fraction of sp³-hybridized carbons (Fsp3) is 0.167. The Morgan fingerprint density at radius 3 is 2.32 bits per heavy atom. The van der Waals surface area contributed by atoms with Gasteiger partial charge in [-0.1, -0.05) is 41.7 Å². The first-order valence-corrected chi connectivity index (χ1v) is 7.26. The monoisotopic (exact) mass is 302 g/mol. The minimum absolute atomic E-state index is 0.119. The van der Waals surface area contributed by atoms with Gasteiger partial charge in [0.1, 0.15) is 10.7 Å². The van der Waals surface area contributed by atoms with Crippen LogP contribution in [0.5, 0.6) is 0 Å². The average molecular weight is 302 g/mol. The molecule has 0 aliphatic rings. The Labute approximate surface area is 116 Å². The molecule has 2 nitrogen and oxygen atoms in total. The van der Waals surface area contributed by atoms with Crippen LogP contribution in [0.3, 0.4) is 0 Å². The second-order valence-electron chi connectivity index (χ2n) is 3.49. The second-order valence-corrected chi connectivity index (χ2v) is 5.36. The number of nitrogens with zero attached hydrogens (tertiary/aromatic N) is 2. The Balaban J connectivity index is 2.35. The van der Waals surface area contributed by atoms with Crippen LogP contribution in [0.15, 0.2) is 51.5 Å². The number of thioether (sulfide) groups is 1. The highest BCUT2D eigenvalue weighted by Gasteiger charge is 2.33. The van der Waals surface area contributed by atoms with E-state index < -0.39 is 11.9 Å². The molecule has 100 valence electrons. The SMILES string of the molecule is CSc1nc(Sc2ccccc2)cc(C(F)(F)F)n1. The summed E-state index contributed by atoms with van der Waals surface area (Å²) in [6.45, 7) is 0. The van der Waals surface area contributed by atoms with Crippen molar-refractivity contribution < 1.29 is 13.2 Å². The molecular formula is C12H9F3N2S2. The van der Waals surface area contributed by atoms with Gasteiger partial charge in [0.15, 0.2) is 5.16 Å². The molecule has 2 aromatic rings. The fourth-order valence-electron chi connectivity index (χ4n) is 1.30. The zero-order chi connectivity index (χ0) is 13.9. The van der Waals surface area contributed by atoms with E-state index in [0.29, 0.717) is 0 Å². The molecule has 0 saturated carbocycles. The molecule has 0 saturated heterocycles. The molecule has 0 bridgehead atoms. The van der Waals surface area contributed by atoms with E-state index in [-0.39, 0.29) is 10.2 Å². The van der Waals surface area contributed by atoms with E-state index in [0.717, 1.165) is 22.7 Å². The van der Waals surface area contributed by atoms with Gasteiger partial charge in [-0.05, 0) is 18.4 Å². The first-order valence-electron chi connectivity index (χ1n) is 5.22. The quantitative estimate of drug-likeness (QED) is 0.478. The summed E-state index contributed by atoms with van der Waals surface area (Å²) in [6.07, 6.45) is -2.81. The van der Waals surface area contributed by atoms with Crippen LogP contribution in [-0.2, 0) is 6.18 Å². The molecule has 0 fully saturated rings. The number of halogens is 3. The van der Waals surface area contributed by atoms with E-state index in [2.05, 4.69) is 9.97 Å². The van der Waals surface area contributed by atoms with Crippen LogP contribution in [0.2, 0.25) is 0 Å². The van der Waals surface area contributed by atoms with Gasteiger partial charge in [-0.2, -0.15) is 13.2 Å². The fourth-order valence-corrected chi connectivity index (χ4v) is 2.58. The Morgan fingerprint density at radius 1 is 1.05 bits per heavy atom. The normalized spacial score (nSPS) is 11.6. The zero-order valence-electron chi connectivity index (χ0n) is 9.81. The van der Waals surface area contributed by atoms with Crippen molar-refractivity contribution in [2.45, 2.75) is 21.3 Å². The molecule has 0 radical (unpaired) electrons. The predicted molar refractivity (Wildman–Crippen MR) is 69.4 cm³/mol. The van der Waals surface area contributed by atoms with E-state index in [1.807, 2.05) is 30.3 Å². The summed E-state index contributed by atoms with van der Waals surface area (Å²) < 4.78 is 38.1. The Bertz CT molecular complexity index is 559. The molecule has 0 atom stereocenters. The number of hydrogen-bond donors (Lipinski definition) is 0. The predicted octanol–water partition coefficient (Wildman–Crippen LogP) is 4.37. The van der Waals surface area contributed by atoms with E-state index in [4.69, 9.17) is 0 Å². The molecule has 0 aliphatic carbocycles. The van der Waals surface area contributed by atoms with Gasteiger partial charge >= 0.3 is 6.18 Å². The standard InChI is InChI=1S/C12H9F3N2S2/c1-18-11-16-9(12(13,14)15)7-10(17-11)19-8-5-3-2-4-6-8/h2-7H,1H3. The third-order valence-electron chi connectivity index (χ3n) is 2.12. The van der Waals surface area contributed by atoms with Crippen molar-refractivity contribution in [2.24, 2.45) is 0 Å². The van der Waals surface area contributed by atoms with Crippen molar-refractivity contribution in [1.29, 1.82) is 0 Å². The number of benzene rings is 1. The maximum atomic E-state index is 12.7. The van der Waals surface area contributed by atoms with Gasteiger partial charge in [0.05, 0.1) is 0 Å². The maximum absolute atomic E-state index is 12.7. The van der Waals surface area contributed by atoms with Crippen LogP contribution in [0.1, 0.15) is 5.69 Å². The third kappa shape index (κ3) is 3.87. The van der Waals surface area contributed by atoms with E-state index >= 15 is 0 Å². The summed E-state index contributed by atoms with van der Waals surface area (Å²) in [5.74, 6) is 0. The zero-order valence-corrected chi connectivity index (χ0v) is 11.4. The molecule has 2 rings (SSSR count). The number of aromatic nitrogens is 2. The highest BCUT2D eigenvalue weighted by atomic mass is 32.2. The average Bonchev–Trinajstić information content (AvgIpc) is 2.38. The molecule has 0 aliphatic heterocycles. The largest absolute Gasteiger partial charge is 0.433 e. The lowest BCUT2D eigenvalue weighted by molar-refractivity contribution is -0.141. The van der Waals surface area contributed by atoms with Crippen LogP contribution >= 0.6 is 23.5 Å². The Morgan fingerprint density at radius 2 is 1.74 bits per heavy atom. The summed E-state index contributed by atoms with van der Waals surface area (Å²) in [5, 5.41) is 0.408. The van der Waals surface area contributed by atoms with Crippen molar-refractivity contribution in [2.75, 3.05) is 6.26 Å². The van der Waals surface area contributed by atoms with Crippen molar-refractivity contribution in [3.05, 3.63) is 42.1 Å². The molecule has 1 aromatic heterocycles. The summed E-state index contributed by atoms with van der Waals surface area (Å²) >= 11 is 2.27. The van der Waals surface area contributed by atoms with E-state index in [1.165, 1.54) is 11.8 Å². The number of rotatable bonds is 3. The summed E-state index contributed by atoms with van der Waals surface area (Å²) in [7, 11) is 0. The Kier molecular flexibility index (Phi) is 4.36. The van der Waals surface area contributed by atoms with Gasteiger partial charge in [0, 0.05) is 11.0 Å². The van der Waals surface area contributed by atoms with Gasteiger partial charge in [0.25, 0.3) is 0 Å². The van der Waals surface area contributed by atoms with Gasteiger partial charge < -0.3 is 0 Å². The smallest absolute Gasteiger partial charge is 0.218 e. The highest BCUT2D eigenvalue weighted by molar-refractivity contribution is 7.99. The molecule has 0 unspecified atom stereocenters. The summed E-state index contributed by atoms with van der Waals surface area (Å²) in [5.41, 5.74) is -0.912. The van der Waals surface area contributed by atoms with Crippen molar-refractivity contribution in [3.8, 4) is 0 Å². The van der Waals surface area contributed by atoms with Crippen LogP contribution in [0, 0.1) is 0 Å². The molecule has 1 heterocycles. The van der Waals surface area contributed by atoms with Crippen LogP contribution in [0.25, 0.3) is 0 Å². The minimum atomic E-state index is -4.46. The molecule has 0 amide bonds. The molecular weight excluding hydrogens is 293 g/mol. The van der Waals surface area contributed by atoms with Gasteiger partial charge in [-0.25, -0.2) is 9.97 Å². The first kappa shape index (κ1) is 14.2. The van der Waals surface area contributed by atoms with Crippen LogP contribution in [-0.4, -0.2) is 16.2 Å². The van der Waals surface area contributed by atoms with Crippen molar-refractivity contribution in [3.63, 3.8) is 0 Å². The third-order valence-corrected chi connectivity index (χ3v) is 3.59. The topological polar surface area (TPSA) is 25.8 Å². The molecule has 0 spiro atoms. The highest BCUT2D eigenvalue weighted by Crippen LogP contribution is 2.33. The van der Waals surface area contributed by atoms with E-state index in [1.54, 1.807) is 6.26 Å². The lowest BCUT2D eigenvalue weighted by Gasteiger charge is -2.09. The van der Waals surface area contributed by atoms with Crippen molar-refractivity contribution >= 4 is 23.5 Å². The van der Waals surface area contributed by atoms with Gasteiger partial charge in [0.2, 0.25) is 0 Å². The minimum Gasteiger partial charge on any atom is -0.218 e. The second kappa shape index (κ2) is 5.83. The molecule has 1 aromatic carbocycles. The first-order chi connectivity index (χ1) is 8.99. The lowest BCUT2D eigenvalue weighted by Crippen LogP contribution is -2.09. The summed E-state index contributed by atoms with van der Waals surface area (Å²) in [4.78, 5) is 8.39. The van der Waals surface area contributed by atoms with Gasteiger partial charge in [-0.3, -0.25) is 0 Å². The van der Waals surface area contributed by atoms with Crippen molar-refractivity contribution in [1.82, 2.24) is 9.97 Å². The Hall–Kier alpha value is -1.21.